The van der Waals surface area contributed by atoms with Crippen LogP contribution in [0.4, 0.5) is 5.82 Å². The maximum absolute atomic E-state index is 5.79. The van der Waals surface area contributed by atoms with Gasteiger partial charge in [0, 0.05) is 12.5 Å². The Morgan fingerprint density at radius 1 is 1.69 bits per heavy atom. The highest BCUT2D eigenvalue weighted by Crippen LogP contribution is 2.27. The van der Waals surface area contributed by atoms with Gasteiger partial charge in [0.15, 0.2) is 0 Å². The van der Waals surface area contributed by atoms with E-state index in [-0.39, 0.29) is 0 Å². The van der Waals surface area contributed by atoms with E-state index in [0.29, 0.717) is 12.0 Å². The average Bonchev–Trinajstić information content (AvgIpc) is 2.52. The van der Waals surface area contributed by atoms with Crippen molar-refractivity contribution in [3.8, 4) is 0 Å². The molecule has 0 bridgehead atoms. The Hall–Kier alpha value is -1.03. The standard InChI is InChI=1S/C9H15N3O/c1-7-6-13-5-3-8(7)12-9(10)2-4-11-12/h2,4,7-8H,3,5-6,10H2,1H3. The van der Waals surface area contributed by atoms with Crippen LogP contribution >= 0.6 is 0 Å². The minimum atomic E-state index is 0.406. The monoisotopic (exact) mass is 181 g/mol. The molecule has 1 aliphatic heterocycles. The summed E-state index contributed by atoms with van der Waals surface area (Å²) in [6, 6.07) is 2.24. The van der Waals surface area contributed by atoms with E-state index in [4.69, 9.17) is 10.5 Å². The first-order valence-corrected chi connectivity index (χ1v) is 4.66. The van der Waals surface area contributed by atoms with Gasteiger partial charge in [-0.15, -0.1) is 0 Å². The van der Waals surface area contributed by atoms with Gasteiger partial charge in [-0.2, -0.15) is 5.10 Å². The third kappa shape index (κ3) is 1.54. The minimum Gasteiger partial charge on any atom is -0.384 e. The number of nitrogens with two attached hydrogens (primary N) is 1. The summed E-state index contributed by atoms with van der Waals surface area (Å²) in [6.45, 7) is 3.79. The predicted molar refractivity (Wildman–Crippen MR) is 50.3 cm³/mol. The molecule has 0 aliphatic carbocycles. The quantitative estimate of drug-likeness (QED) is 0.705. The van der Waals surface area contributed by atoms with E-state index in [0.717, 1.165) is 25.5 Å². The van der Waals surface area contributed by atoms with E-state index < -0.39 is 0 Å². The third-order valence-corrected chi connectivity index (χ3v) is 2.61. The summed E-state index contributed by atoms with van der Waals surface area (Å²) in [7, 11) is 0. The molecule has 1 aromatic rings. The van der Waals surface area contributed by atoms with Crippen LogP contribution < -0.4 is 5.73 Å². The Kier molecular flexibility index (Phi) is 2.22. The predicted octanol–water partition coefficient (Wildman–Crippen LogP) is 1.06. The molecule has 1 aromatic heterocycles. The molecule has 2 N–H and O–H groups in total. The number of anilines is 1. The molecule has 1 aliphatic rings. The van der Waals surface area contributed by atoms with E-state index in [1.54, 1.807) is 6.20 Å². The Labute approximate surface area is 77.7 Å². The fourth-order valence-electron chi connectivity index (χ4n) is 1.83. The SMILES string of the molecule is CC1COCCC1n1nccc1N. The molecule has 4 nitrogen and oxygen atoms in total. The summed E-state index contributed by atoms with van der Waals surface area (Å²) in [4.78, 5) is 0. The highest BCUT2D eigenvalue weighted by Gasteiger charge is 2.24. The van der Waals surface area contributed by atoms with Crippen molar-refractivity contribution >= 4 is 5.82 Å². The van der Waals surface area contributed by atoms with Gasteiger partial charge >= 0.3 is 0 Å². The lowest BCUT2D eigenvalue weighted by molar-refractivity contribution is 0.0257. The summed E-state index contributed by atoms with van der Waals surface area (Å²) in [6.07, 6.45) is 2.75. The van der Waals surface area contributed by atoms with Crippen LogP contribution in [0, 0.1) is 5.92 Å². The summed E-state index contributed by atoms with van der Waals surface area (Å²) < 4.78 is 7.28. The number of aromatic nitrogens is 2. The van der Waals surface area contributed by atoms with Gasteiger partial charge in [-0.25, -0.2) is 4.68 Å². The fourth-order valence-corrected chi connectivity index (χ4v) is 1.83. The van der Waals surface area contributed by atoms with Crippen molar-refractivity contribution in [1.82, 2.24) is 9.78 Å². The molecule has 0 spiro atoms. The van der Waals surface area contributed by atoms with Crippen molar-refractivity contribution in [2.24, 2.45) is 5.92 Å². The van der Waals surface area contributed by atoms with E-state index in [9.17, 15) is 0 Å². The van der Waals surface area contributed by atoms with Gasteiger partial charge in [0.25, 0.3) is 0 Å². The van der Waals surface area contributed by atoms with E-state index in [1.807, 2.05) is 10.7 Å². The fraction of sp³-hybridized carbons (Fsp3) is 0.667. The van der Waals surface area contributed by atoms with Crippen LogP contribution in [0.5, 0.6) is 0 Å². The Morgan fingerprint density at radius 2 is 2.54 bits per heavy atom. The second-order valence-electron chi connectivity index (χ2n) is 3.61. The van der Waals surface area contributed by atoms with Crippen molar-refractivity contribution in [1.29, 1.82) is 0 Å². The molecule has 4 heteroatoms. The van der Waals surface area contributed by atoms with E-state index in [1.165, 1.54) is 0 Å². The molecule has 0 radical (unpaired) electrons. The van der Waals surface area contributed by atoms with Crippen LogP contribution in [0.1, 0.15) is 19.4 Å². The zero-order valence-corrected chi connectivity index (χ0v) is 7.81. The third-order valence-electron chi connectivity index (χ3n) is 2.61. The summed E-state index contributed by atoms with van der Waals surface area (Å²) in [5.41, 5.74) is 5.79. The first-order valence-electron chi connectivity index (χ1n) is 4.66. The topological polar surface area (TPSA) is 53.1 Å². The van der Waals surface area contributed by atoms with Gasteiger partial charge in [0.2, 0.25) is 0 Å². The summed E-state index contributed by atoms with van der Waals surface area (Å²) in [5, 5.41) is 4.23. The molecule has 0 aromatic carbocycles. The van der Waals surface area contributed by atoms with Gasteiger partial charge in [-0.3, -0.25) is 0 Å². The normalized spacial score (nSPS) is 29.0. The number of hydrogen-bond donors (Lipinski definition) is 1. The first-order chi connectivity index (χ1) is 6.29. The van der Waals surface area contributed by atoms with Crippen molar-refractivity contribution < 1.29 is 4.74 Å². The van der Waals surface area contributed by atoms with Crippen LogP contribution in [0.15, 0.2) is 12.3 Å². The maximum atomic E-state index is 5.79. The zero-order chi connectivity index (χ0) is 9.26. The van der Waals surface area contributed by atoms with E-state index in [2.05, 4.69) is 12.0 Å². The summed E-state index contributed by atoms with van der Waals surface area (Å²) in [5.74, 6) is 1.25. The Bertz CT molecular complexity index is 284. The van der Waals surface area contributed by atoms with Crippen molar-refractivity contribution in [2.75, 3.05) is 18.9 Å². The van der Waals surface area contributed by atoms with Gasteiger partial charge < -0.3 is 10.5 Å². The molecule has 0 saturated carbocycles. The Balaban J connectivity index is 2.19. The largest absolute Gasteiger partial charge is 0.384 e. The smallest absolute Gasteiger partial charge is 0.121 e. The molecule has 0 amide bonds. The van der Waals surface area contributed by atoms with Crippen LogP contribution in [0.3, 0.4) is 0 Å². The second kappa shape index (κ2) is 3.38. The Morgan fingerprint density at radius 3 is 3.15 bits per heavy atom. The number of nitrogen functional groups attached to an aromatic ring is 1. The molecule has 13 heavy (non-hydrogen) atoms. The highest BCUT2D eigenvalue weighted by atomic mass is 16.5. The average molecular weight is 181 g/mol. The number of rotatable bonds is 1. The van der Waals surface area contributed by atoms with Crippen molar-refractivity contribution in [2.45, 2.75) is 19.4 Å². The zero-order valence-electron chi connectivity index (χ0n) is 7.81. The molecule has 2 atom stereocenters. The molecule has 72 valence electrons. The lowest BCUT2D eigenvalue weighted by atomic mass is 9.98. The summed E-state index contributed by atoms with van der Waals surface area (Å²) >= 11 is 0. The molecular weight excluding hydrogens is 166 g/mol. The number of hydrogen-bond acceptors (Lipinski definition) is 3. The highest BCUT2D eigenvalue weighted by molar-refractivity contribution is 5.26. The lowest BCUT2D eigenvalue weighted by Gasteiger charge is -2.29. The molecule has 1 saturated heterocycles. The molecule has 2 unspecified atom stereocenters. The number of nitrogens with zero attached hydrogens (tertiary/aromatic N) is 2. The van der Waals surface area contributed by atoms with Crippen LogP contribution in [0.25, 0.3) is 0 Å². The number of ether oxygens (including phenoxy) is 1. The molecule has 2 heterocycles. The van der Waals surface area contributed by atoms with Crippen molar-refractivity contribution in [3.63, 3.8) is 0 Å². The van der Waals surface area contributed by atoms with Gasteiger partial charge in [-0.05, 0) is 12.5 Å². The molecule has 1 fully saturated rings. The van der Waals surface area contributed by atoms with Gasteiger partial charge in [0.1, 0.15) is 5.82 Å². The van der Waals surface area contributed by atoms with Crippen LogP contribution in [-0.4, -0.2) is 23.0 Å². The maximum Gasteiger partial charge on any atom is 0.121 e. The van der Waals surface area contributed by atoms with Gasteiger partial charge in [0.05, 0.1) is 18.8 Å². The minimum absolute atomic E-state index is 0.406. The van der Waals surface area contributed by atoms with E-state index >= 15 is 0 Å². The van der Waals surface area contributed by atoms with Gasteiger partial charge in [-0.1, -0.05) is 6.92 Å². The molecular formula is C9H15N3O. The lowest BCUT2D eigenvalue weighted by Crippen LogP contribution is -2.29. The van der Waals surface area contributed by atoms with Crippen LogP contribution in [-0.2, 0) is 4.74 Å². The second-order valence-corrected chi connectivity index (χ2v) is 3.61. The first kappa shape index (κ1) is 8.56. The molecule has 2 rings (SSSR count). The van der Waals surface area contributed by atoms with Crippen molar-refractivity contribution in [3.05, 3.63) is 12.3 Å². The van der Waals surface area contributed by atoms with Crippen LogP contribution in [0.2, 0.25) is 0 Å².